The number of nitrogens with one attached hydrogen (secondary N) is 2. The van der Waals surface area contributed by atoms with Gasteiger partial charge in [-0.3, -0.25) is 10.1 Å². The lowest BCUT2D eigenvalue weighted by Gasteiger charge is -2.11. The van der Waals surface area contributed by atoms with Gasteiger partial charge in [0.05, 0.1) is 17.7 Å². The molecule has 0 aliphatic carbocycles. The summed E-state index contributed by atoms with van der Waals surface area (Å²) >= 11 is 11.7. The lowest BCUT2D eigenvalue weighted by Crippen LogP contribution is -2.34. The van der Waals surface area contributed by atoms with Crippen molar-refractivity contribution in [1.82, 2.24) is 10.3 Å². The molecule has 31 heavy (non-hydrogen) atoms. The van der Waals surface area contributed by atoms with Gasteiger partial charge in [-0.05, 0) is 79.3 Å². The Morgan fingerprint density at radius 1 is 1.10 bits per heavy atom. The van der Waals surface area contributed by atoms with E-state index in [1.54, 1.807) is 49.6 Å². The van der Waals surface area contributed by atoms with Crippen molar-refractivity contribution in [3.05, 3.63) is 76.8 Å². The number of amides is 1. The first-order chi connectivity index (χ1) is 14.9. The first-order valence-corrected chi connectivity index (χ1v) is 10.1. The molecule has 0 fully saturated rings. The van der Waals surface area contributed by atoms with Crippen LogP contribution in [0.4, 0.5) is 5.69 Å². The predicted molar refractivity (Wildman–Crippen MR) is 126 cm³/mol. The van der Waals surface area contributed by atoms with Gasteiger partial charge in [-0.15, -0.1) is 0 Å². The van der Waals surface area contributed by atoms with Crippen molar-refractivity contribution in [2.45, 2.75) is 6.92 Å². The molecular formula is C23H18ClN3O3S. The molecule has 0 bridgehead atoms. The third kappa shape index (κ3) is 4.68. The number of carbonyl (C=O) groups is 1. The number of rotatable bonds is 4. The molecule has 0 radical (unpaired) electrons. The van der Waals surface area contributed by atoms with Gasteiger partial charge >= 0.3 is 0 Å². The van der Waals surface area contributed by atoms with E-state index in [0.29, 0.717) is 39.1 Å². The molecule has 1 heterocycles. The minimum atomic E-state index is -0.330. The molecule has 156 valence electrons. The molecule has 0 unspecified atom stereocenters. The second kappa shape index (κ2) is 8.75. The lowest BCUT2D eigenvalue weighted by molar-refractivity contribution is 0.0977. The number of oxazole rings is 1. The number of nitrogens with zero attached hydrogens (tertiary/aromatic N) is 1. The number of carbonyl (C=O) groups excluding carboxylic acids is 1. The van der Waals surface area contributed by atoms with Crippen molar-refractivity contribution in [3.8, 4) is 17.2 Å². The summed E-state index contributed by atoms with van der Waals surface area (Å²) in [5.41, 5.74) is 4.23. The van der Waals surface area contributed by atoms with Crippen LogP contribution in [0, 0.1) is 6.92 Å². The molecule has 0 spiro atoms. The zero-order chi connectivity index (χ0) is 22.0. The fourth-order valence-corrected chi connectivity index (χ4v) is 3.40. The van der Waals surface area contributed by atoms with Gasteiger partial charge in [-0.25, -0.2) is 4.98 Å². The molecule has 4 aromatic rings. The quantitative estimate of drug-likeness (QED) is 0.394. The van der Waals surface area contributed by atoms with Gasteiger partial charge in [0.15, 0.2) is 10.7 Å². The molecule has 0 saturated heterocycles. The number of aromatic nitrogens is 1. The number of ether oxygens (including phenoxy) is 1. The van der Waals surface area contributed by atoms with E-state index in [-0.39, 0.29) is 11.0 Å². The van der Waals surface area contributed by atoms with Crippen LogP contribution >= 0.6 is 23.8 Å². The van der Waals surface area contributed by atoms with Crippen molar-refractivity contribution < 1.29 is 13.9 Å². The number of benzene rings is 3. The summed E-state index contributed by atoms with van der Waals surface area (Å²) in [7, 11) is 1.57. The smallest absolute Gasteiger partial charge is 0.257 e. The highest BCUT2D eigenvalue weighted by Gasteiger charge is 2.14. The van der Waals surface area contributed by atoms with Gasteiger partial charge < -0.3 is 14.5 Å². The van der Waals surface area contributed by atoms with Crippen LogP contribution < -0.4 is 15.4 Å². The topological polar surface area (TPSA) is 76.4 Å². The molecule has 3 aromatic carbocycles. The minimum Gasteiger partial charge on any atom is -0.497 e. The highest BCUT2D eigenvalue weighted by Crippen LogP contribution is 2.32. The molecular weight excluding hydrogens is 434 g/mol. The Hall–Kier alpha value is -3.42. The normalized spacial score (nSPS) is 10.7. The number of thiocarbonyl (C=S) groups is 1. The zero-order valence-electron chi connectivity index (χ0n) is 16.7. The van der Waals surface area contributed by atoms with E-state index in [9.17, 15) is 4.79 Å². The van der Waals surface area contributed by atoms with Gasteiger partial charge in [-0.1, -0.05) is 17.7 Å². The fraction of sp³-hybridized carbons (Fsp3) is 0.0870. The van der Waals surface area contributed by atoms with E-state index in [2.05, 4.69) is 15.6 Å². The Kier molecular flexibility index (Phi) is 5.88. The van der Waals surface area contributed by atoms with Gasteiger partial charge in [0.25, 0.3) is 5.91 Å². The third-order valence-electron chi connectivity index (χ3n) is 4.58. The van der Waals surface area contributed by atoms with E-state index in [1.165, 1.54) is 0 Å². The van der Waals surface area contributed by atoms with Crippen molar-refractivity contribution in [2.75, 3.05) is 12.4 Å². The Labute approximate surface area is 189 Å². The average molecular weight is 452 g/mol. The van der Waals surface area contributed by atoms with Gasteiger partial charge in [0, 0.05) is 11.3 Å². The second-order valence-electron chi connectivity index (χ2n) is 6.82. The largest absolute Gasteiger partial charge is 0.497 e. The van der Waals surface area contributed by atoms with E-state index in [1.807, 2.05) is 25.1 Å². The standard InChI is InChI=1S/C23H18ClN3O3S/c1-13-3-10-19-20(11-13)30-22(26-19)17-12-15(6-9-18(17)24)25-23(31)27-21(28)14-4-7-16(29-2)8-5-14/h3-12H,1-2H3,(H2,25,27,28,31). The van der Waals surface area contributed by atoms with Crippen molar-refractivity contribution >= 4 is 51.6 Å². The highest BCUT2D eigenvalue weighted by molar-refractivity contribution is 7.80. The van der Waals surface area contributed by atoms with Crippen LogP contribution in [0.5, 0.6) is 5.75 Å². The van der Waals surface area contributed by atoms with Gasteiger partial charge in [-0.2, -0.15) is 0 Å². The van der Waals surface area contributed by atoms with Crippen molar-refractivity contribution in [3.63, 3.8) is 0 Å². The summed E-state index contributed by atoms with van der Waals surface area (Å²) in [4.78, 5) is 16.9. The summed E-state index contributed by atoms with van der Waals surface area (Å²) in [6, 6.07) is 17.8. The van der Waals surface area contributed by atoms with Crippen LogP contribution in [0.25, 0.3) is 22.6 Å². The third-order valence-corrected chi connectivity index (χ3v) is 5.11. The van der Waals surface area contributed by atoms with Crippen LogP contribution in [0.1, 0.15) is 15.9 Å². The highest BCUT2D eigenvalue weighted by atomic mass is 35.5. The Morgan fingerprint density at radius 3 is 2.61 bits per heavy atom. The summed E-state index contributed by atoms with van der Waals surface area (Å²) in [5.74, 6) is 0.742. The number of hydrogen-bond donors (Lipinski definition) is 2. The Balaban J connectivity index is 1.50. The van der Waals surface area contributed by atoms with Crippen molar-refractivity contribution in [1.29, 1.82) is 0 Å². The Morgan fingerprint density at radius 2 is 1.87 bits per heavy atom. The summed E-state index contributed by atoms with van der Waals surface area (Å²) in [6.45, 7) is 1.99. The summed E-state index contributed by atoms with van der Waals surface area (Å²) in [6.07, 6.45) is 0. The van der Waals surface area contributed by atoms with Crippen LogP contribution in [0.15, 0.2) is 65.1 Å². The number of halogens is 1. The molecule has 0 aliphatic rings. The van der Waals surface area contributed by atoms with E-state index in [4.69, 9.17) is 33.0 Å². The summed E-state index contributed by atoms with van der Waals surface area (Å²) in [5, 5.41) is 6.29. The monoisotopic (exact) mass is 451 g/mol. The minimum absolute atomic E-state index is 0.155. The zero-order valence-corrected chi connectivity index (χ0v) is 18.3. The molecule has 4 rings (SSSR count). The maximum atomic E-state index is 12.4. The van der Waals surface area contributed by atoms with E-state index in [0.717, 1.165) is 11.1 Å². The first kappa shape index (κ1) is 20.8. The first-order valence-electron chi connectivity index (χ1n) is 9.36. The molecule has 1 amide bonds. The fourth-order valence-electron chi connectivity index (χ4n) is 2.99. The van der Waals surface area contributed by atoms with Crippen LogP contribution in [-0.2, 0) is 0 Å². The number of hydrogen-bond acceptors (Lipinski definition) is 5. The maximum absolute atomic E-state index is 12.4. The van der Waals surface area contributed by atoms with Crippen LogP contribution in [0.3, 0.4) is 0 Å². The molecule has 0 saturated carbocycles. The molecule has 0 atom stereocenters. The van der Waals surface area contributed by atoms with Crippen molar-refractivity contribution in [2.24, 2.45) is 0 Å². The van der Waals surface area contributed by atoms with Gasteiger partial charge in [0.1, 0.15) is 11.3 Å². The molecule has 8 heteroatoms. The van der Waals surface area contributed by atoms with E-state index >= 15 is 0 Å². The maximum Gasteiger partial charge on any atom is 0.257 e. The second-order valence-corrected chi connectivity index (χ2v) is 7.64. The molecule has 0 aliphatic heterocycles. The number of anilines is 1. The average Bonchev–Trinajstić information content (AvgIpc) is 3.18. The Bertz CT molecular complexity index is 1290. The van der Waals surface area contributed by atoms with Crippen LogP contribution in [0.2, 0.25) is 5.02 Å². The number of fused-ring (bicyclic) bond motifs is 1. The lowest BCUT2D eigenvalue weighted by atomic mass is 10.2. The van der Waals surface area contributed by atoms with Gasteiger partial charge in [0.2, 0.25) is 5.89 Å². The summed E-state index contributed by atoms with van der Waals surface area (Å²) < 4.78 is 11.0. The molecule has 1 aromatic heterocycles. The SMILES string of the molecule is COc1ccc(C(=O)NC(=S)Nc2ccc(Cl)c(-c3nc4ccc(C)cc4o3)c2)cc1. The number of aryl methyl sites for hydroxylation is 1. The van der Waals surface area contributed by atoms with E-state index < -0.39 is 0 Å². The van der Waals surface area contributed by atoms with Crippen LogP contribution in [-0.4, -0.2) is 23.1 Å². The molecule has 2 N–H and O–H groups in total. The predicted octanol–water partition coefficient (Wildman–Crippen LogP) is 5.59. The number of methoxy groups -OCH3 is 1. The molecule has 6 nitrogen and oxygen atoms in total.